The summed E-state index contributed by atoms with van der Waals surface area (Å²) in [6, 6.07) is 7.84. The molecule has 232 valence electrons. The number of benzene rings is 1. The first-order valence-corrected chi connectivity index (χ1v) is 14.9. The molecule has 12 heteroatoms. The second-order valence-corrected chi connectivity index (χ2v) is 12.8. The summed E-state index contributed by atoms with van der Waals surface area (Å²) in [5.41, 5.74) is 7.95. The van der Waals surface area contributed by atoms with Crippen molar-refractivity contribution in [2.45, 2.75) is 71.2 Å². The van der Waals surface area contributed by atoms with Gasteiger partial charge in [0.1, 0.15) is 17.9 Å². The summed E-state index contributed by atoms with van der Waals surface area (Å²) in [6.07, 6.45) is 3.64. The highest BCUT2D eigenvalue weighted by Crippen LogP contribution is 2.33. The zero-order valence-corrected chi connectivity index (χ0v) is 26.3. The topological polar surface area (TPSA) is 131 Å². The van der Waals surface area contributed by atoms with Gasteiger partial charge in [-0.1, -0.05) is 18.2 Å². The Balaban J connectivity index is 1.46. The van der Waals surface area contributed by atoms with Crippen LogP contribution in [0.1, 0.15) is 57.9 Å². The highest BCUT2D eigenvalue weighted by Gasteiger charge is 2.37. The van der Waals surface area contributed by atoms with Gasteiger partial charge >= 0.3 is 12.1 Å². The number of likely N-dealkylation sites (tertiary alicyclic amines) is 1. The number of rotatable bonds is 6. The number of nitrogens with zero attached hydrogens (tertiary/aromatic N) is 6. The smallest absolute Gasteiger partial charge is 0.410 e. The van der Waals surface area contributed by atoms with E-state index in [9.17, 15) is 9.59 Å². The van der Waals surface area contributed by atoms with Gasteiger partial charge < -0.3 is 39.8 Å². The number of carbonyl (C=O) groups is 2. The van der Waals surface area contributed by atoms with E-state index in [-0.39, 0.29) is 41.6 Å². The summed E-state index contributed by atoms with van der Waals surface area (Å²) in [4.78, 5) is 41.9. The van der Waals surface area contributed by atoms with Crippen molar-refractivity contribution >= 4 is 40.1 Å². The van der Waals surface area contributed by atoms with E-state index in [0.29, 0.717) is 31.2 Å². The van der Waals surface area contributed by atoms with E-state index < -0.39 is 11.5 Å². The fourth-order valence-corrected chi connectivity index (χ4v) is 6.07. The molecule has 5 rings (SSSR count). The van der Waals surface area contributed by atoms with Crippen LogP contribution in [0.4, 0.5) is 22.0 Å². The minimum Gasteiger partial charge on any atom is -0.462 e. The number of aryl methyl sites for hydroxylation is 1. The summed E-state index contributed by atoms with van der Waals surface area (Å²) >= 11 is 0. The van der Waals surface area contributed by atoms with Crippen LogP contribution >= 0.6 is 0 Å². The molecule has 0 aliphatic carbocycles. The molecule has 3 N–H and O–H groups in total. The van der Waals surface area contributed by atoms with Gasteiger partial charge in [-0.2, -0.15) is 9.97 Å². The van der Waals surface area contributed by atoms with Crippen LogP contribution in [0.25, 0.3) is 10.9 Å². The van der Waals surface area contributed by atoms with E-state index in [1.807, 2.05) is 81.6 Å². The molecule has 2 aliphatic heterocycles. The minimum atomic E-state index is -0.594. The number of nitrogens with two attached hydrogens (primary N) is 1. The molecule has 0 spiro atoms. The summed E-state index contributed by atoms with van der Waals surface area (Å²) in [7, 11) is 4.01. The van der Waals surface area contributed by atoms with Gasteiger partial charge in [0.05, 0.1) is 5.69 Å². The molecule has 2 saturated heterocycles. The molecular formula is C31H44N8O4. The van der Waals surface area contributed by atoms with Crippen molar-refractivity contribution in [3.05, 3.63) is 36.2 Å². The van der Waals surface area contributed by atoms with E-state index in [4.69, 9.17) is 20.2 Å². The van der Waals surface area contributed by atoms with Crippen LogP contribution in [0.3, 0.4) is 0 Å². The SMILES string of the molecule is C[C@H]1CN(C(=O)OC(C)(C)C)C[C@H](C)N1c1nc(OC[C@@H]2CCCN2C)nc(C(=O)Nc2cn(C)c3ccccc23)c1N. The molecular weight excluding hydrogens is 548 g/mol. The maximum Gasteiger partial charge on any atom is 0.410 e. The molecule has 0 radical (unpaired) electrons. The molecule has 2 aliphatic rings. The number of fused-ring (bicyclic) bond motifs is 1. The molecule has 4 heterocycles. The third-order valence-corrected chi connectivity index (χ3v) is 8.16. The Morgan fingerprint density at radius 2 is 1.79 bits per heavy atom. The lowest BCUT2D eigenvalue weighted by Gasteiger charge is -2.45. The zero-order chi connectivity index (χ0) is 31.1. The maximum absolute atomic E-state index is 13.8. The Labute approximate surface area is 253 Å². The number of nitrogen functional groups attached to an aromatic ring is 1. The fraction of sp³-hybridized carbons (Fsp3) is 0.548. The lowest BCUT2D eigenvalue weighted by molar-refractivity contribution is 0.0192. The molecule has 43 heavy (non-hydrogen) atoms. The summed E-state index contributed by atoms with van der Waals surface area (Å²) in [6.45, 7) is 11.8. The van der Waals surface area contributed by atoms with E-state index in [1.165, 1.54) is 0 Å². The van der Waals surface area contributed by atoms with Crippen molar-refractivity contribution in [2.24, 2.45) is 7.05 Å². The van der Waals surface area contributed by atoms with E-state index in [1.54, 1.807) is 4.90 Å². The summed E-state index contributed by atoms with van der Waals surface area (Å²) in [5, 5.41) is 3.92. The molecule has 0 bridgehead atoms. The first-order chi connectivity index (χ1) is 20.3. The number of hydrogen-bond donors (Lipinski definition) is 2. The molecule has 2 fully saturated rings. The van der Waals surface area contributed by atoms with Crippen molar-refractivity contribution in [1.29, 1.82) is 0 Å². The highest BCUT2D eigenvalue weighted by molar-refractivity contribution is 6.11. The number of ether oxygens (including phenoxy) is 2. The predicted molar refractivity (Wildman–Crippen MR) is 168 cm³/mol. The molecule has 2 amide bonds. The number of likely N-dealkylation sites (N-methyl/N-ethyl adjacent to an activating group) is 1. The standard InChI is InChI=1S/C31H44N8O4/c1-19-15-38(30(41)43-31(3,4)5)16-20(2)39(19)27-25(32)26(34-29(35-27)42-18-21-11-10-14-36(21)6)28(40)33-23-17-37(7)24-13-9-8-12-22(23)24/h8-9,12-13,17,19-21H,10-11,14-16,18,32H2,1-7H3,(H,33,40)/t19-,20-,21-/m0/s1. The quantitative estimate of drug-likeness (QED) is 0.434. The number of hydrogen-bond acceptors (Lipinski definition) is 9. The Morgan fingerprint density at radius 3 is 2.44 bits per heavy atom. The van der Waals surface area contributed by atoms with Crippen molar-refractivity contribution in [3.8, 4) is 6.01 Å². The van der Waals surface area contributed by atoms with Crippen LogP contribution in [-0.4, -0.2) is 93.4 Å². The van der Waals surface area contributed by atoms with E-state index in [0.717, 1.165) is 30.3 Å². The number of aromatic nitrogens is 3. The average molecular weight is 593 g/mol. The number of para-hydroxylation sites is 1. The number of nitrogens with one attached hydrogen (secondary N) is 1. The van der Waals surface area contributed by atoms with Crippen molar-refractivity contribution in [2.75, 3.05) is 49.2 Å². The zero-order valence-electron chi connectivity index (χ0n) is 26.3. The number of carbonyl (C=O) groups excluding carboxylic acids is 2. The van der Waals surface area contributed by atoms with Gasteiger partial charge in [0.25, 0.3) is 5.91 Å². The van der Waals surface area contributed by atoms with Crippen LogP contribution in [0, 0.1) is 0 Å². The molecule has 2 aromatic heterocycles. The first kappa shape index (κ1) is 30.4. The van der Waals surface area contributed by atoms with Gasteiger partial charge in [0.2, 0.25) is 0 Å². The Bertz CT molecular complexity index is 1490. The highest BCUT2D eigenvalue weighted by atomic mass is 16.6. The molecule has 1 aromatic carbocycles. The predicted octanol–water partition coefficient (Wildman–Crippen LogP) is 4.11. The van der Waals surface area contributed by atoms with Gasteiger partial charge in [-0.05, 0) is 67.1 Å². The lowest BCUT2D eigenvalue weighted by atomic mass is 10.1. The number of anilines is 3. The third-order valence-electron chi connectivity index (χ3n) is 8.16. The maximum atomic E-state index is 13.8. The van der Waals surface area contributed by atoms with Gasteiger partial charge in [-0.3, -0.25) is 4.79 Å². The second-order valence-electron chi connectivity index (χ2n) is 12.8. The number of piperazine rings is 1. The molecule has 0 saturated carbocycles. The van der Waals surface area contributed by atoms with Gasteiger partial charge in [0, 0.05) is 55.4 Å². The van der Waals surface area contributed by atoms with E-state index in [2.05, 4.69) is 22.2 Å². The molecule has 3 atom stereocenters. The van der Waals surface area contributed by atoms with Crippen molar-refractivity contribution in [3.63, 3.8) is 0 Å². The third kappa shape index (κ3) is 6.48. The van der Waals surface area contributed by atoms with Crippen LogP contribution in [-0.2, 0) is 11.8 Å². The van der Waals surface area contributed by atoms with Crippen LogP contribution in [0.2, 0.25) is 0 Å². The summed E-state index contributed by atoms with van der Waals surface area (Å²) in [5.74, 6) is -0.0373. The molecule has 12 nitrogen and oxygen atoms in total. The molecule has 3 aromatic rings. The number of amides is 2. The van der Waals surface area contributed by atoms with Gasteiger partial charge in [-0.15, -0.1) is 0 Å². The lowest BCUT2D eigenvalue weighted by Crippen LogP contribution is -2.59. The van der Waals surface area contributed by atoms with Gasteiger partial charge in [-0.25, -0.2) is 4.79 Å². The van der Waals surface area contributed by atoms with Crippen molar-refractivity contribution in [1.82, 2.24) is 24.3 Å². The van der Waals surface area contributed by atoms with E-state index >= 15 is 0 Å². The van der Waals surface area contributed by atoms with Crippen molar-refractivity contribution < 1.29 is 19.1 Å². The Kier molecular flexibility index (Phi) is 8.42. The average Bonchev–Trinajstić information content (AvgIpc) is 3.49. The normalized spacial score (nSPS) is 21.3. The Morgan fingerprint density at radius 1 is 1.09 bits per heavy atom. The monoisotopic (exact) mass is 592 g/mol. The van der Waals surface area contributed by atoms with Crippen LogP contribution in [0.5, 0.6) is 6.01 Å². The Hall–Kier alpha value is -4.06. The molecule has 0 unspecified atom stereocenters. The van der Waals surface area contributed by atoms with Gasteiger partial charge in [0.15, 0.2) is 11.5 Å². The fourth-order valence-electron chi connectivity index (χ4n) is 6.07. The first-order valence-electron chi connectivity index (χ1n) is 14.9. The largest absolute Gasteiger partial charge is 0.462 e. The van der Waals surface area contributed by atoms with Crippen LogP contribution < -0.4 is 20.7 Å². The second kappa shape index (κ2) is 11.9. The van der Waals surface area contributed by atoms with Crippen LogP contribution in [0.15, 0.2) is 30.5 Å². The summed E-state index contributed by atoms with van der Waals surface area (Å²) < 4.78 is 13.7. The minimum absolute atomic E-state index is 0.0432.